The zero-order valence-electron chi connectivity index (χ0n) is 14.6. The maximum absolute atomic E-state index is 12.7. The lowest BCUT2D eigenvalue weighted by molar-refractivity contribution is -0.141. The van der Waals surface area contributed by atoms with Crippen LogP contribution in [0, 0.1) is 0 Å². The van der Waals surface area contributed by atoms with Gasteiger partial charge in [0.15, 0.2) is 5.72 Å². The van der Waals surface area contributed by atoms with Crippen molar-refractivity contribution in [1.82, 2.24) is 9.80 Å². The van der Waals surface area contributed by atoms with Crippen molar-refractivity contribution in [1.29, 1.82) is 0 Å². The highest BCUT2D eigenvalue weighted by Crippen LogP contribution is 2.51. The summed E-state index contributed by atoms with van der Waals surface area (Å²) in [6.45, 7) is 0.899. The molecule has 3 aliphatic heterocycles. The molecule has 8 heteroatoms. The number of amides is 2. The second kappa shape index (κ2) is 6.06. The molecular weight excluding hydrogens is 356 g/mol. The fraction of sp³-hybridized carbons (Fsp3) is 0.556. The highest BCUT2D eigenvalue weighted by atomic mass is 32.2. The van der Waals surface area contributed by atoms with Crippen LogP contribution in [-0.4, -0.2) is 67.0 Å². The van der Waals surface area contributed by atoms with E-state index in [2.05, 4.69) is 0 Å². The quantitative estimate of drug-likeness (QED) is 0.771. The predicted octanol–water partition coefficient (Wildman–Crippen LogP) is 0.722. The van der Waals surface area contributed by atoms with Gasteiger partial charge >= 0.3 is 0 Å². The van der Waals surface area contributed by atoms with E-state index in [-0.39, 0.29) is 42.5 Å². The third kappa shape index (κ3) is 2.72. The monoisotopic (exact) mass is 378 g/mol. The van der Waals surface area contributed by atoms with Gasteiger partial charge in [-0.05, 0) is 5.56 Å². The van der Waals surface area contributed by atoms with Crippen molar-refractivity contribution in [3.63, 3.8) is 0 Å². The van der Waals surface area contributed by atoms with Crippen molar-refractivity contribution >= 4 is 21.7 Å². The highest BCUT2D eigenvalue weighted by molar-refractivity contribution is 7.90. The first-order chi connectivity index (χ1) is 12.3. The molecule has 3 heterocycles. The molecular formula is C18H22N2O5S. The normalized spacial score (nSPS) is 30.6. The topological polar surface area (TPSA) is 84.0 Å². The van der Waals surface area contributed by atoms with E-state index in [0.717, 1.165) is 11.8 Å². The zero-order chi connectivity index (χ0) is 18.5. The summed E-state index contributed by atoms with van der Waals surface area (Å²) in [4.78, 5) is 28.8. The molecule has 0 saturated carbocycles. The first kappa shape index (κ1) is 17.5. The smallest absolute Gasteiger partial charge is 0.227 e. The van der Waals surface area contributed by atoms with E-state index in [1.165, 1.54) is 0 Å². The molecule has 7 nitrogen and oxygen atoms in total. The van der Waals surface area contributed by atoms with Gasteiger partial charge in [0.2, 0.25) is 11.8 Å². The van der Waals surface area contributed by atoms with Crippen molar-refractivity contribution in [3.8, 4) is 0 Å². The van der Waals surface area contributed by atoms with Gasteiger partial charge in [0.1, 0.15) is 9.84 Å². The molecule has 4 rings (SSSR count). The zero-order valence-corrected chi connectivity index (χ0v) is 15.4. The van der Waals surface area contributed by atoms with Crippen LogP contribution in [0.3, 0.4) is 0 Å². The summed E-state index contributed by atoms with van der Waals surface area (Å²) in [7, 11) is -3.20. The van der Waals surface area contributed by atoms with Crippen LogP contribution in [0.15, 0.2) is 30.3 Å². The number of carbonyl (C=O) groups is 2. The van der Waals surface area contributed by atoms with E-state index >= 15 is 0 Å². The van der Waals surface area contributed by atoms with Crippen molar-refractivity contribution in [2.24, 2.45) is 0 Å². The molecule has 1 aromatic carbocycles. The number of hydrogen-bond donors (Lipinski definition) is 0. The van der Waals surface area contributed by atoms with Gasteiger partial charge in [-0.3, -0.25) is 9.59 Å². The Kier molecular flexibility index (Phi) is 4.07. The lowest BCUT2D eigenvalue weighted by atomic mass is 10.0. The van der Waals surface area contributed by atoms with E-state index in [9.17, 15) is 18.0 Å². The van der Waals surface area contributed by atoms with E-state index < -0.39 is 15.6 Å². The average molecular weight is 378 g/mol. The van der Waals surface area contributed by atoms with Crippen molar-refractivity contribution < 1.29 is 22.7 Å². The summed E-state index contributed by atoms with van der Waals surface area (Å²) in [5.41, 5.74) is 0.262. The maximum atomic E-state index is 12.7. The second-order valence-corrected chi connectivity index (χ2v) is 9.54. The Bertz CT molecular complexity index is 840. The van der Waals surface area contributed by atoms with Gasteiger partial charge < -0.3 is 14.5 Å². The molecule has 26 heavy (non-hydrogen) atoms. The van der Waals surface area contributed by atoms with Crippen LogP contribution in [0.1, 0.15) is 30.9 Å². The average Bonchev–Trinajstić information content (AvgIpc) is 3.22. The van der Waals surface area contributed by atoms with Gasteiger partial charge in [-0.2, -0.15) is 0 Å². The minimum absolute atomic E-state index is 0.0121. The Morgan fingerprint density at radius 2 is 2.04 bits per heavy atom. The number of ether oxygens (including phenoxy) is 1. The summed E-state index contributed by atoms with van der Waals surface area (Å²) in [5, 5.41) is 0. The number of benzene rings is 1. The minimum atomic E-state index is -3.20. The lowest BCUT2D eigenvalue weighted by Crippen LogP contribution is -2.49. The first-order valence-corrected chi connectivity index (χ1v) is 10.9. The Hall–Kier alpha value is -1.93. The van der Waals surface area contributed by atoms with Crippen LogP contribution >= 0.6 is 0 Å². The fourth-order valence-corrected chi connectivity index (χ4v) is 5.03. The van der Waals surface area contributed by atoms with Crippen LogP contribution in [0.4, 0.5) is 0 Å². The number of sulfone groups is 1. The van der Waals surface area contributed by atoms with Crippen molar-refractivity contribution in [2.45, 2.75) is 37.1 Å². The summed E-state index contributed by atoms with van der Waals surface area (Å²) in [5.74, 6) is -0.409. The van der Waals surface area contributed by atoms with E-state index in [0.29, 0.717) is 19.6 Å². The molecule has 2 amide bonds. The summed E-state index contributed by atoms with van der Waals surface area (Å²) < 4.78 is 28.9. The SMILES string of the molecule is CS(=O)(=O)CCC(=O)N1CC[C@@]23OC[C@@H](c4ccccc4)N2C(=O)C[C@@H]13. The van der Waals surface area contributed by atoms with Gasteiger partial charge in [-0.25, -0.2) is 8.42 Å². The number of hydrogen-bond acceptors (Lipinski definition) is 5. The third-order valence-electron chi connectivity index (χ3n) is 5.65. The third-order valence-corrected chi connectivity index (χ3v) is 6.59. The molecule has 0 bridgehead atoms. The van der Waals surface area contributed by atoms with Gasteiger partial charge in [-0.1, -0.05) is 30.3 Å². The first-order valence-electron chi connectivity index (χ1n) is 8.80. The molecule has 3 fully saturated rings. The van der Waals surface area contributed by atoms with Crippen LogP contribution in [0.5, 0.6) is 0 Å². The molecule has 0 radical (unpaired) electrons. The van der Waals surface area contributed by atoms with Crippen LogP contribution < -0.4 is 0 Å². The van der Waals surface area contributed by atoms with Gasteiger partial charge in [-0.15, -0.1) is 0 Å². The largest absolute Gasteiger partial charge is 0.351 e. The van der Waals surface area contributed by atoms with E-state index in [1.54, 1.807) is 4.90 Å². The molecule has 0 unspecified atom stereocenters. The number of nitrogens with zero attached hydrogens (tertiary/aromatic N) is 2. The number of likely N-dealkylation sites (tertiary alicyclic amines) is 1. The second-order valence-electron chi connectivity index (χ2n) is 7.28. The van der Waals surface area contributed by atoms with Crippen molar-refractivity contribution in [3.05, 3.63) is 35.9 Å². The highest BCUT2D eigenvalue weighted by Gasteiger charge is 2.65. The molecule has 1 spiro atoms. The Morgan fingerprint density at radius 1 is 1.31 bits per heavy atom. The van der Waals surface area contributed by atoms with Crippen LogP contribution in [-0.2, 0) is 24.2 Å². The summed E-state index contributed by atoms with van der Waals surface area (Å²) in [6, 6.07) is 9.30. The number of carbonyl (C=O) groups excluding carboxylic acids is 2. The summed E-state index contributed by atoms with van der Waals surface area (Å²) in [6.07, 6.45) is 1.87. The minimum Gasteiger partial charge on any atom is -0.351 e. The summed E-state index contributed by atoms with van der Waals surface area (Å²) >= 11 is 0. The van der Waals surface area contributed by atoms with Crippen LogP contribution in [0.2, 0.25) is 0 Å². The van der Waals surface area contributed by atoms with Crippen LogP contribution in [0.25, 0.3) is 0 Å². The fourth-order valence-electron chi connectivity index (χ4n) is 4.48. The molecule has 140 valence electrons. The lowest BCUT2D eigenvalue weighted by Gasteiger charge is -2.33. The molecule has 0 aliphatic carbocycles. The molecule has 0 N–H and O–H groups in total. The standard InChI is InChI=1S/C18H22N2O5S/c1-26(23,24)10-7-16(21)19-9-8-18-15(19)11-17(22)20(18)14(12-25-18)13-5-3-2-4-6-13/h2-6,14-15H,7-12H2,1H3/t14-,15+,18-/m0/s1. The molecule has 1 aromatic rings. The van der Waals surface area contributed by atoms with Gasteiger partial charge in [0, 0.05) is 25.6 Å². The van der Waals surface area contributed by atoms with E-state index in [4.69, 9.17) is 4.74 Å². The Morgan fingerprint density at radius 3 is 2.73 bits per heavy atom. The number of rotatable bonds is 4. The van der Waals surface area contributed by atoms with Gasteiger partial charge in [0.05, 0.1) is 30.9 Å². The predicted molar refractivity (Wildman–Crippen MR) is 93.8 cm³/mol. The van der Waals surface area contributed by atoms with E-state index in [1.807, 2.05) is 35.2 Å². The Balaban J connectivity index is 1.56. The van der Waals surface area contributed by atoms with Crippen molar-refractivity contribution in [2.75, 3.05) is 25.2 Å². The molecule has 0 aromatic heterocycles. The molecule has 3 saturated heterocycles. The molecule has 3 aliphatic rings. The maximum Gasteiger partial charge on any atom is 0.227 e. The molecule has 3 atom stereocenters. The van der Waals surface area contributed by atoms with Gasteiger partial charge in [0.25, 0.3) is 0 Å². The Labute approximate surface area is 152 Å².